The number of hydrogen-bond donors (Lipinski definition) is 1. The maximum absolute atomic E-state index is 8.71. The molecule has 2 aromatic carbocycles. The van der Waals surface area contributed by atoms with E-state index < -0.39 is 0 Å². The monoisotopic (exact) mass is 302 g/mol. The van der Waals surface area contributed by atoms with Crippen LogP contribution >= 0.6 is 11.6 Å². The van der Waals surface area contributed by atoms with Gasteiger partial charge in [0.1, 0.15) is 18.1 Å². The molecule has 0 aliphatic carbocycles. The fourth-order valence-electron chi connectivity index (χ4n) is 1.77. The first-order valence-corrected chi connectivity index (χ1v) is 6.81. The average Bonchev–Trinajstić information content (AvgIpc) is 2.52. The summed E-state index contributed by atoms with van der Waals surface area (Å²) < 4.78 is 10.7. The molecule has 2 aromatic rings. The molecule has 108 valence electrons. The summed E-state index contributed by atoms with van der Waals surface area (Å²) in [5, 5.41) is 12.5. The molecule has 0 saturated heterocycles. The maximum atomic E-state index is 8.71. The van der Waals surface area contributed by atoms with Crippen LogP contribution in [0.15, 0.2) is 42.5 Å². The Balaban J connectivity index is 1.79. The quantitative estimate of drug-likeness (QED) is 0.826. The lowest BCUT2D eigenvalue weighted by molar-refractivity contribution is 0.333. The third-order valence-corrected chi connectivity index (χ3v) is 3.13. The average molecular weight is 303 g/mol. The van der Waals surface area contributed by atoms with E-state index in [1.807, 2.05) is 18.2 Å². The molecular formula is C16H15ClN2O2. The molecule has 5 heteroatoms. The van der Waals surface area contributed by atoms with Crippen molar-refractivity contribution in [2.75, 3.05) is 25.6 Å². The van der Waals surface area contributed by atoms with E-state index in [9.17, 15) is 0 Å². The van der Waals surface area contributed by atoms with Crippen LogP contribution in [0.25, 0.3) is 0 Å². The van der Waals surface area contributed by atoms with Gasteiger partial charge in [0.25, 0.3) is 0 Å². The summed E-state index contributed by atoms with van der Waals surface area (Å²) in [6.45, 7) is 1.15. The number of nitriles is 1. The number of ether oxygens (including phenoxy) is 2. The van der Waals surface area contributed by atoms with E-state index >= 15 is 0 Å². The Morgan fingerprint density at radius 1 is 1.19 bits per heavy atom. The van der Waals surface area contributed by atoms with Gasteiger partial charge in [-0.2, -0.15) is 5.26 Å². The van der Waals surface area contributed by atoms with Crippen molar-refractivity contribution in [3.8, 4) is 17.6 Å². The summed E-state index contributed by atoms with van der Waals surface area (Å²) in [5.74, 6) is 1.39. The van der Waals surface area contributed by atoms with E-state index in [-0.39, 0.29) is 0 Å². The lowest BCUT2D eigenvalue weighted by Gasteiger charge is -2.10. The second-order valence-corrected chi connectivity index (χ2v) is 4.67. The van der Waals surface area contributed by atoms with Gasteiger partial charge in [-0.1, -0.05) is 11.6 Å². The highest BCUT2D eigenvalue weighted by Gasteiger charge is 2.01. The number of methoxy groups -OCH3 is 1. The first-order chi connectivity index (χ1) is 10.2. The van der Waals surface area contributed by atoms with Gasteiger partial charge in [-0.3, -0.25) is 0 Å². The first-order valence-electron chi connectivity index (χ1n) is 6.43. The predicted octanol–water partition coefficient (Wildman–Crippen LogP) is 3.71. The molecular weight excluding hydrogens is 288 g/mol. The van der Waals surface area contributed by atoms with Crippen LogP contribution in [0.3, 0.4) is 0 Å². The lowest BCUT2D eigenvalue weighted by Crippen LogP contribution is -2.11. The second kappa shape index (κ2) is 7.41. The molecule has 1 N–H and O–H groups in total. The number of anilines is 1. The summed E-state index contributed by atoms with van der Waals surface area (Å²) in [6, 6.07) is 14.6. The van der Waals surface area contributed by atoms with Crippen molar-refractivity contribution in [3.05, 3.63) is 53.1 Å². The van der Waals surface area contributed by atoms with Gasteiger partial charge in [0.15, 0.2) is 0 Å². The van der Waals surface area contributed by atoms with Crippen molar-refractivity contribution >= 4 is 17.3 Å². The van der Waals surface area contributed by atoms with Crippen molar-refractivity contribution in [1.29, 1.82) is 5.26 Å². The standard InChI is InChI=1S/C16H15ClN2O2/c1-20-16-7-4-13(10-15(16)17)19-8-9-21-14-5-2-12(11-18)3-6-14/h2-7,10,19H,8-9H2,1H3. The summed E-state index contributed by atoms with van der Waals surface area (Å²) >= 11 is 6.04. The van der Waals surface area contributed by atoms with Gasteiger partial charge in [-0.05, 0) is 42.5 Å². The largest absolute Gasteiger partial charge is 0.495 e. The normalized spacial score (nSPS) is 9.76. The topological polar surface area (TPSA) is 54.3 Å². The Bertz CT molecular complexity index is 636. The van der Waals surface area contributed by atoms with Crippen LogP contribution in [0.1, 0.15) is 5.56 Å². The van der Waals surface area contributed by atoms with Crippen LogP contribution in [0.2, 0.25) is 5.02 Å². The Labute approximate surface area is 128 Å². The molecule has 21 heavy (non-hydrogen) atoms. The number of halogens is 1. The van der Waals surface area contributed by atoms with Crippen LogP contribution in [0.4, 0.5) is 5.69 Å². The molecule has 0 heterocycles. The highest BCUT2D eigenvalue weighted by molar-refractivity contribution is 6.32. The van der Waals surface area contributed by atoms with Gasteiger partial charge in [-0.15, -0.1) is 0 Å². The summed E-state index contributed by atoms with van der Waals surface area (Å²) in [7, 11) is 1.58. The van der Waals surface area contributed by atoms with Gasteiger partial charge >= 0.3 is 0 Å². The van der Waals surface area contributed by atoms with E-state index in [2.05, 4.69) is 11.4 Å². The molecule has 2 rings (SSSR count). The van der Waals surface area contributed by atoms with Gasteiger partial charge in [0, 0.05) is 12.2 Å². The Hall–Kier alpha value is -2.38. The van der Waals surface area contributed by atoms with Crippen LogP contribution in [0.5, 0.6) is 11.5 Å². The van der Waals surface area contributed by atoms with E-state index in [4.69, 9.17) is 26.3 Å². The van der Waals surface area contributed by atoms with Crippen LogP contribution in [0, 0.1) is 11.3 Å². The Morgan fingerprint density at radius 3 is 2.57 bits per heavy atom. The molecule has 0 aliphatic rings. The second-order valence-electron chi connectivity index (χ2n) is 4.26. The fraction of sp³-hybridized carbons (Fsp3) is 0.188. The Morgan fingerprint density at radius 2 is 1.95 bits per heavy atom. The third-order valence-electron chi connectivity index (χ3n) is 2.84. The van der Waals surface area contributed by atoms with Crippen molar-refractivity contribution in [3.63, 3.8) is 0 Å². The maximum Gasteiger partial charge on any atom is 0.137 e. The van der Waals surface area contributed by atoms with Crippen LogP contribution in [-0.4, -0.2) is 20.3 Å². The highest BCUT2D eigenvalue weighted by Crippen LogP contribution is 2.27. The molecule has 0 bridgehead atoms. The SMILES string of the molecule is COc1ccc(NCCOc2ccc(C#N)cc2)cc1Cl. The molecule has 0 atom stereocenters. The first kappa shape index (κ1) is 15.0. The molecule has 0 radical (unpaired) electrons. The van der Waals surface area contributed by atoms with Gasteiger partial charge in [0.2, 0.25) is 0 Å². The van der Waals surface area contributed by atoms with Gasteiger partial charge in [-0.25, -0.2) is 0 Å². The van der Waals surface area contributed by atoms with E-state index in [1.54, 1.807) is 31.4 Å². The summed E-state index contributed by atoms with van der Waals surface area (Å²) in [6.07, 6.45) is 0. The van der Waals surface area contributed by atoms with E-state index in [1.165, 1.54) is 0 Å². The Kier molecular flexibility index (Phi) is 5.30. The molecule has 0 unspecified atom stereocenters. The zero-order valence-corrected chi connectivity index (χ0v) is 12.4. The van der Waals surface area contributed by atoms with E-state index in [0.29, 0.717) is 29.5 Å². The van der Waals surface area contributed by atoms with E-state index in [0.717, 1.165) is 11.4 Å². The molecule has 0 spiro atoms. The molecule has 4 nitrogen and oxygen atoms in total. The third kappa shape index (κ3) is 4.30. The molecule has 0 aromatic heterocycles. The minimum Gasteiger partial charge on any atom is -0.495 e. The fourth-order valence-corrected chi connectivity index (χ4v) is 2.02. The number of hydrogen-bond acceptors (Lipinski definition) is 4. The molecule has 0 aliphatic heterocycles. The number of nitrogens with one attached hydrogen (secondary N) is 1. The number of rotatable bonds is 6. The zero-order chi connectivity index (χ0) is 15.1. The summed E-state index contributed by atoms with van der Waals surface area (Å²) in [4.78, 5) is 0. The highest BCUT2D eigenvalue weighted by atomic mass is 35.5. The number of nitrogens with zero attached hydrogens (tertiary/aromatic N) is 1. The lowest BCUT2D eigenvalue weighted by atomic mass is 10.2. The van der Waals surface area contributed by atoms with Gasteiger partial charge in [0.05, 0.1) is 23.8 Å². The minimum atomic E-state index is 0.509. The molecule has 0 saturated carbocycles. The molecule has 0 amide bonds. The predicted molar refractivity (Wildman–Crippen MR) is 83.1 cm³/mol. The zero-order valence-electron chi connectivity index (χ0n) is 11.6. The molecule has 0 fully saturated rings. The van der Waals surface area contributed by atoms with Gasteiger partial charge < -0.3 is 14.8 Å². The summed E-state index contributed by atoms with van der Waals surface area (Å²) in [5.41, 5.74) is 1.53. The smallest absolute Gasteiger partial charge is 0.137 e. The van der Waals surface area contributed by atoms with Crippen molar-refractivity contribution in [1.82, 2.24) is 0 Å². The number of benzene rings is 2. The van der Waals surface area contributed by atoms with Crippen molar-refractivity contribution in [2.45, 2.75) is 0 Å². The van der Waals surface area contributed by atoms with Crippen LogP contribution in [-0.2, 0) is 0 Å². The van der Waals surface area contributed by atoms with Crippen molar-refractivity contribution in [2.24, 2.45) is 0 Å². The minimum absolute atomic E-state index is 0.509. The van der Waals surface area contributed by atoms with Crippen molar-refractivity contribution < 1.29 is 9.47 Å². The van der Waals surface area contributed by atoms with Crippen LogP contribution < -0.4 is 14.8 Å².